The van der Waals surface area contributed by atoms with Crippen molar-refractivity contribution >= 4 is 45.9 Å². The molecule has 0 saturated carbocycles. The number of thiazole rings is 1. The Kier molecular flexibility index (Phi) is 8.13. The first kappa shape index (κ1) is 26.3. The summed E-state index contributed by atoms with van der Waals surface area (Å²) in [5.41, 5.74) is 0.665. The number of likely N-dealkylation sites (N-methyl/N-ethyl adjacent to an activating group) is 1. The van der Waals surface area contributed by atoms with Gasteiger partial charge in [0.15, 0.2) is 21.8 Å². The van der Waals surface area contributed by atoms with Crippen LogP contribution in [-0.4, -0.2) is 113 Å². The van der Waals surface area contributed by atoms with Gasteiger partial charge in [-0.1, -0.05) is 29.9 Å². The lowest BCUT2D eigenvalue weighted by Gasteiger charge is -2.37. The maximum atomic E-state index is 13.1. The Morgan fingerprint density at radius 2 is 1.94 bits per heavy atom. The quantitative estimate of drug-likeness (QED) is 0.472. The molecular formula is C22H30ClN7O5S. The van der Waals surface area contributed by atoms with Gasteiger partial charge in [-0.25, -0.2) is 14.8 Å². The number of carbonyl (C=O) groups excluding carboxylic acids is 2. The third-order valence-corrected chi connectivity index (χ3v) is 7.97. The van der Waals surface area contributed by atoms with E-state index in [9.17, 15) is 19.5 Å². The molecule has 2 aliphatic heterocycles. The summed E-state index contributed by atoms with van der Waals surface area (Å²) in [5.74, 6) is -1.77. The summed E-state index contributed by atoms with van der Waals surface area (Å²) in [6.45, 7) is 5.29. The van der Waals surface area contributed by atoms with Gasteiger partial charge in [0, 0.05) is 46.4 Å². The van der Waals surface area contributed by atoms with Crippen molar-refractivity contribution in [2.24, 2.45) is 0 Å². The smallest absolute Gasteiger partial charge is 0.348 e. The Hall–Kier alpha value is -2.74. The van der Waals surface area contributed by atoms with Gasteiger partial charge >= 0.3 is 5.97 Å². The van der Waals surface area contributed by atoms with E-state index in [4.69, 9.17) is 16.3 Å². The number of hydrogen-bond acceptors (Lipinski definition) is 9. The third-order valence-electron chi connectivity index (χ3n) is 6.55. The molecule has 0 spiro atoms. The number of nitrogens with zero attached hydrogens (tertiary/aromatic N) is 5. The molecule has 2 aromatic rings. The van der Waals surface area contributed by atoms with Crippen LogP contribution in [0.1, 0.15) is 49.8 Å². The highest BCUT2D eigenvalue weighted by molar-refractivity contribution is 7.17. The summed E-state index contributed by atoms with van der Waals surface area (Å²) in [6.07, 6.45) is 0.778. The third kappa shape index (κ3) is 5.48. The molecule has 0 aliphatic carbocycles. The van der Waals surface area contributed by atoms with Crippen LogP contribution in [0.5, 0.6) is 0 Å². The summed E-state index contributed by atoms with van der Waals surface area (Å²) in [4.78, 5) is 54.8. The Morgan fingerprint density at radius 1 is 1.22 bits per heavy atom. The van der Waals surface area contributed by atoms with Crippen LogP contribution in [0.3, 0.4) is 0 Å². The fourth-order valence-corrected chi connectivity index (χ4v) is 5.55. The van der Waals surface area contributed by atoms with Gasteiger partial charge in [-0.3, -0.25) is 9.59 Å². The first-order valence-corrected chi connectivity index (χ1v) is 13.0. The molecule has 3 N–H and O–H groups in total. The number of aromatic carboxylic acids is 1. The van der Waals surface area contributed by atoms with Crippen LogP contribution in [0.25, 0.3) is 0 Å². The number of ether oxygens (including phenoxy) is 1. The van der Waals surface area contributed by atoms with Crippen LogP contribution in [-0.2, 0) is 11.2 Å². The number of aromatic nitrogens is 3. The van der Waals surface area contributed by atoms with E-state index < -0.39 is 5.97 Å². The number of carboxylic acids is 1. The number of aryl methyl sites for hydroxylation is 1. The second kappa shape index (κ2) is 11.1. The first-order valence-electron chi connectivity index (χ1n) is 11.8. The topological polar surface area (TPSA) is 144 Å². The molecule has 4 heterocycles. The van der Waals surface area contributed by atoms with Crippen LogP contribution in [0.2, 0.25) is 5.15 Å². The molecule has 0 bridgehead atoms. The fraction of sp³-hybridized carbons (Fsp3) is 0.591. The van der Waals surface area contributed by atoms with Crippen molar-refractivity contribution in [3.05, 3.63) is 27.2 Å². The van der Waals surface area contributed by atoms with Crippen molar-refractivity contribution in [3.63, 3.8) is 0 Å². The highest BCUT2D eigenvalue weighted by atomic mass is 35.5. The summed E-state index contributed by atoms with van der Waals surface area (Å²) >= 11 is 7.04. The molecule has 0 aromatic carbocycles. The number of piperazine rings is 1. The number of nitrogens with one attached hydrogen (secondary N) is 2. The number of amides is 2. The maximum Gasteiger partial charge on any atom is 0.348 e. The molecule has 12 nitrogen and oxygen atoms in total. The molecule has 2 aliphatic rings. The molecule has 2 amide bonds. The van der Waals surface area contributed by atoms with E-state index in [1.807, 2.05) is 18.9 Å². The second-order valence-corrected chi connectivity index (χ2v) is 10.2. The summed E-state index contributed by atoms with van der Waals surface area (Å²) in [7, 11) is 3.54. The first-order chi connectivity index (χ1) is 17.2. The molecule has 0 radical (unpaired) electrons. The minimum absolute atomic E-state index is 0.0297. The number of anilines is 1. The van der Waals surface area contributed by atoms with Crippen molar-refractivity contribution in [3.8, 4) is 0 Å². The molecule has 14 heteroatoms. The van der Waals surface area contributed by atoms with Crippen LogP contribution < -0.4 is 10.2 Å². The van der Waals surface area contributed by atoms with Gasteiger partial charge < -0.3 is 34.8 Å². The number of piperidine rings is 1. The highest BCUT2D eigenvalue weighted by Crippen LogP contribution is 2.30. The van der Waals surface area contributed by atoms with Crippen LogP contribution in [0.15, 0.2) is 0 Å². The Bertz CT molecular complexity index is 1130. The number of aromatic amines is 1. The minimum Gasteiger partial charge on any atom is -0.477 e. The van der Waals surface area contributed by atoms with Gasteiger partial charge in [-0.2, -0.15) is 0 Å². The number of rotatable bonds is 7. The zero-order valence-electron chi connectivity index (χ0n) is 20.4. The van der Waals surface area contributed by atoms with Crippen molar-refractivity contribution < 1.29 is 24.2 Å². The lowest BCUT2D eigenvalue weighted by atomic mass is 10.0. The molecule has 36 heavy (non-hydrogen) atoms. The van der Waals surface area contributed by atoms with Crippen LogP contribution in [0.4, 0.5) is 5.13 Å². The molecule has 2 aromatic heterocycles. The number of imidazole rings is 1. The number of carboxylic acid groups (broad SMARTS) is 1. The van der Waals surface area contributed by atoms with Crippen molar-refractivity contribution in [1.82, 2.24) is 30.1 Å². The van der Waals surface area contributed by atoms with E-state index in [1.54, 1.807) is 12.0 Å². The number of methoxy groups -OCH3 is 1. The number of carbonyl (C=O) groups is 3. The Morgan fingerprint density at radius 3 is 2.56 bits per heavy atom. The fourth-order valence-electron chi connectivity index (χ4n) is 4.35. The monoisotopic (exact) mass is 539 g/mol. The van der Waals surface area contributed by atoms with E-state index >= 15 is 0 Å². The lowest BCUT2D eigenvalue weighted by Crippen LogP contribution is -2.55. The Balaban J connectivity index is 1.46. The lowest BCUT2D eigenvalue weighted by molar-refractivity contribution is 0.0538. The van der Waals surface area contributed by atoms with E-state index in [2.05, 4.69) is 25.2 Å². The molecule has 2 fully saturated rings. The van der Waals surface area contributed by atoms with E-state index in [0.29, 0.717) is 49.8 Å². The molecular weight excluding hydrogens is 510 g/mol. The molecule has 2 saturated heterocycles. The summed E-state index contributed by atoms with van der Waals surface area (Å²) < 4.78 is 5.65. The molecule has 2 atom stereocenters. The summed E-state index contributed by atoms with van der Waals surface area (Å²) in [5, 5.41) is 13.4. The number of halogens is 1. The normalized spacial score (nSPS) is 21.0. The van der Waals surface area contributed by atoms with Gasteiger partial charge in [0.05, 0.1) is 17.8 Å². The Labute approximate surface area is 217 Å². The minimum atomic E-state index is -1.18. The van der Waals surface area contributed by atoms with Crippen LogP contribution >= 0.6 is 22.9 Å². The van der Waals surface area contributed by atoms with E-state index in [1.165, 1.54) is 0 Å². The molecule has 4 rings (SSSR count). The average molecular weight is 540 g/mol. The molecule has 2 unspecified atom stereocenters. The van der Waals surface area contributed by atoms with Gasteiger partial charge in [0.1, 0.15) is 4.88 Å². The SMILES string of the molecule is CCc1[nH]c(C(=O)NC2CCN(c3nc(C(=O)N4CCN(C)CC4)c(C(=O)O)s3)CC2OC)nc1Cl. The second-order valence-electron chi connectivity index (χ2n) is 8.87. The zero-order valence-corrected chi connectivity index (χ0v) is 22.0. The van der Waals surface area contributed by atoms with E-state index in [0.717, 1.165) is 24.4 Å². The van der Waals surface area contributed by atoms with Crippen molar-refractivity contribution in [1.29, 1.82) is 0 Å². The largest absolute Gasteiger partial charge is 0.477 e. The molecule has 196 valence electrons. The van der Waals surface area contributed by atoms with Gasteiger partial charge in [-0.15, -0.1) is 0 Å². The van der Waals surface area contributed by atoms with Gasteiger partial charge in [0.2, 0.25) is 0 Å². The van der Waals surface area contributed by atoms with Gasteiger partial charge in [0.25, 0.3) is 11.8 Å². The predicted octanol–water partition coefficient (Wildman–Crippen LogP) is 1.19. The van der Waals surface area contributed by atoms with Crippen molar-refractivity contribution in [2.45, 2.75) is 31.9 Å². The average Bonchev–Trinajstić information content (AvgIpc) is 3.48. The van der Waals surface area contributed by atoms with Crippen molar-refractivity contribution in [2.75, 3.05) is 58.3 Å². The highest BCUT2D eigenvalue weighted by Gasteiger charge is 2.35. The number of hydrogen-bond donors (Lipinski definition) is 3. The maximum absolute atomic E-state index is 13.1. The number of H-pyrrole nitrogens is 1. The van der Waals surface area contributed by atoms with E-state index in [-0.39, 0.29) is 45.5 Å². The summed E-state index contributed by atoms with van der Waals surface area (Å²) in [6, 6.07) is -0.293. The standard InChI is InChI=1S/C22H30ClN7O5S/c1-4-12-17(23)27-18(24-12)19(31)25-13-5-6-30(11-14(13)35-3)22-26-15(16(36-22)21(33)34)20(32)29-9-7-28(2)8-10-29/h13-14H,4-11H2,1-3H3,(H,24,27)(H,25,31)(H,33,34). The predicted molar refractivity (Wildman–Crippen MR) is 134 cm³/mol. The zero-order chi connectivity index (χ0) is 26.0. The van der Waals surface area contributed by atoms with Crippen LogP contribution in [0, 0.1) is 0 Å². The van der Waals surface area contributed by atoms with Gasteiger partial charge in [-0.05, 0) is 19.9 Å².